The van der Waals surface area contributed by atoms with Crippen LogP contribution in [-0.2, 0) is 9.59 Å². The number of nitrogens with zero attached hydrogens (tertiary/aromatic N) is 1. The van der Waals surface area contributed by atoms with Gasteiger partial charge in [0, 0.05) is 18.7 Å². The molecule has 1 aromatic rings. The number of benzene rings is 1. The lowest BCUT2D eigenvalue weighted by atomic mass is 9.61. The van der Waals surface area contributed by atoms with E-state index in [9.17, 15) is 24.8 Å². The minimum Gasteiger partial charge on any atom is -0.496 e. The van der Waals surface area contributed by atoms with Crippen molar-refractivity contribution in [3.8, 4) is 17.6 Å². The molecule has 0 aromatic heterocycles. The zero-order chi connectivity index (χ0) is 29.4. The van der Waals surface area contributed by atoms with Crippen molar-refractivity contribution in [3.63, 3.8) is 0 Å². The highest BCUT2D eigenvalue weighted by atomic mass is 16.5. The highest BCUT2D eigenvalue weighted by Crippen LogP contribution is 2.46. The third kappa shape index (κ3) is 5.89. The number of aliphatic carboxylic acids is 1. The van der Waals surface area contributed by atoms with Gasteiger partial charge in [0.2, 0.25) is 5.91 Å². The first-order valence-corrected chi connectivity index (χ1v) is 15.2. The van der Waals surface area contributed by atoms with Crippen LogP contribution in [0.3, 0.4) is 0 Å². The quantitative estimate of drug-likeness (QED) is 0.390. The van der Waals surface area contributed by atoms with Gasteiger partial charge in [-0.25, -0.2) is 0 Å². The van der Waals surface area contributed by atoms with Crippen LogP contribution in [0.4, 0.5) is 0 Å². The van der Waals surface area contributed by atoms with E-state index in [1.165, 1.54) is 19.6 Å². The van der Waals surface area contributed by atoms with E-state index < -0.39 is 11.4 Å². The Morgan fingerprint density at radius 1 is 1.00 bits per heavy atom. The third-order valence-corrected chi connectivity index (χ3v) is 10.6. The number of methoxy groups -OCH3 is 1. The number of amides is 2. The van der Waals surface area contributed by atoms with Gasteiger partial charge < -0.3 is 25.2 Å². The molecule has 2 amide bonds. The number of carbonyl (C=O) groups is 3. The minimum absolute atomic E-state index is 0.0410. The summed E-state index contributed by atoms with van der Waals surface area (Å²) in [4.78, 5) is 38.9. The third-order valence-electron chi connectivity index (χ3n) is 10.6. The molecule has 2 atom stereocenters. The first-order chi connectivity index (χ1) is 19.6. The van der Waals surface area contributed by atoms with Gasteiger partial charge in [-0.2, -0.15) is 5.26 Å². The summed E-state index contributed by atoms with van der Waals surface area (Å²) in [5.74, 6) is -0.324. The van der Waals surface area contributed by atoms with Gasteiger partial charge in [-0.1, -0.05) is 13.3 Å². The van der Waals surface area contributed by atoms with Gasteiger partial charge in [0.1, 0.15) is 17.6 Å². The van der Waals surface area contributed by atoms with Crippen LogP contribution in [0, 0.1) is 39.9 Å². The largest absolute Gasteiger partial charge is 0.496 e. The molecule has 1 aromatic carbocycles. The fourth-order valence-electron chi connectivity index (χ4n) is 7.47. The molecule has 1 unspecified atom stereocenters. The van der Waals surface area contributed by atoms with Crippen LogP contribution in [0.2, 0.25) is 0 Å². The predicted octanol–water partition coefficient (Wildman–Crippen LogP) is 4.82. The van der Waals surface area contributed by atoms with Crippen LogP contribution in [-0.4, -0.2) is 48.7 Å². The molecule has 41 heavy (non-hydrogen) atoms. The number of carboxylic acids is 1. The lowest BCUT2D eigenvalue weighted by molar-refractivity contribution is -0.150. The van der Waals surface area contributed by atoms with Gasteiger partial charge in [-0.3, -0.25) is 14.4 Å². The molecule has 3 N–H and O–H groups in total. The molecule has 0 radical (unpaired) electrons. The molecule has 0 spiro atoms. The molecule has 6 rings (SSSR count). The van der Waals surface area contributed by atoms with Crippen molar-refractivity contribution in [3.05, 3.63) is 23.3 Å². The van der Waals surface area contributed by atoms with Gasteiger partial charge >= 0.3 is 5.97 Å². The average Bonchev–Trinajstić information content (AvgIpc) is 2.96. The topological polar surface area (TPSA) is 138 Å². The van der Waals surface area contributed by atoms with Crippen molar-refractivity contribution in [2.75, 3.05) is 13.7 Å². The zero-order valence-electron chi connectivity index (χ0n) is 24.5. The Morgan fingerprint density at radius 3 is 2.22 bits per heavy atom. The molecule has 2 bridgehead atoms. The second-order valence-corrected chi connectivity index (χ2v) is 13.4. The smallest absolute Gasteiger partial charge is 0.309 e. The standard InChI is InChI=1S/C32H43N3O6/c1-31(11-4-12-31)18-34-29(37)26-19-5-7-20(8-6-19)27(26)35-28(36)23-16-24(21(17-33)15-25(23)40-3)41-22-9-13-32(2,14-10-22)30(38)39/h15-16,19-20,22,26-27H,4-14,18H2,1-3H3,(H,34,37)(H,35,36)(H,38,39)/t19?,20?,22-,26-,27?,32+/m1/s1. The van der Waals surface area contributed by atoms with E-state index in [4.69, 9.17) is 9.47 Å². The van der Waals surface area contributed by atoms with Gasteiger partial charge in [0.15, 0.2) is 0 Å². The molecule has 222 valence electrons. The second-order valence-electron chi connectivity index (χ2n) is 13.4. The van der Waals surface area contributed by atoms with E-state index in [1.54, 1.807) is 13.0 Å². The van der Waals surface area contributed by atoms with Crippen LogP contribution in [0.5, 0.6) is 11.5 Å². The molecule has 5 aliphatic rings. The zero-order valence-corrected chi connectivity index (χ0v) is 24.5. The molecule has 0 saturated heterocycles. The number of hydrogen-bond acceptors (Lipinski definition) is 6. The Labute approximate surface area is 242 Å². The Hall–Kier alpha value is -3.28. The maximum atomic E-state index is 13.8. The summed E-state index contributed by atoms with van der Waals surface area (Å²) in [6.07, 6.45) is 9.26. The number of ether oxygens (including phenoxy) is 2. The SMILES string of the molecule is COc1cc(C#N)c(O[C@H]2CC[C@@](C)(C(=O)O)CC2)cc1C(=O)NC1C2CCC(CC2)[C@H]1C(=O)NCC1(C)CCC1. The molecule has 0 heterocycles. The Balaban J connectivity index is 1.33. The number of nitriles is 1. The lowest BCUT2D eigenvalue weighted by Gasteiger charge is -2.48. The summed E-state index contributed by atoms with van der Waals surface area (Å²) < 4.78 is 11.7. The van der Waals surface area contributed by atoms with Gasteiger partial charge in [-0.15, -0.1) is 0 Å². The summed E-state index contributed by atoms with van der Waals surface area (Å²) in [6, 6.07) is 4.95. The number of carbonyl (C=O) groups excluding carboxylic acids is 2. The fraction of sp³-hybridized carbons (Fsp3) is 0.688. The van der Waals surface area contributed by atoms with Crippen molar-refractivity contribution < 1.29 is 29.0 Å². The molecule has 5 fully saturated rings. The number of carboxylic acid groups (broad SMARTS) is 1. The van der Waals surface area contributed by atoms with E-state index >= 15 is 0 Å². The van der Waals surface area contributed by atoms with Crippen molar-refractivity contribution in [2.24, 2.45) is 28.6 Å². The van der Waals surface area contributed by atoms with E-state index in [2.05, 4.69) is 23.6 Å². The predicted molar refractivity (Wildman–Crippen MR) is 151 cm³/mol. The number of fused-ring (bicyclic) bond motifs is 3. The Morgan fingerprint density at radius 2 is 1.66 bits per heavy atom. The normalized spacial score (nSPS) is 31.7. The summed E-state index contributed by atoms with van der Waals surface area (Å²) >= 11 is 0. The first-order valence-electron chi connectivity index (χ1n) is 15.2. The number of rotatable bonds is 9. The number of nitrogens with one attached hydrogen (secondary N) is 2. The van der Waals surface area contributed by atoms with Crippen LogP contribution >= 0.6 is 0 Å². The molecule has 0 aliphatic heterocycles. The van der Waals surface area contributed by atoms with Crippen LogP contribution in [0.1, 0.15) is 100 Å². The highest BCUT2D eigenvalue weighted by molar-refractivity contribution is 5.98. The second kappa shape index (κ2) is 11.5. The Bertz CT molecular complexity index is 1220. The van der Waals surface area contributed by atoms with Crippen LogP contribution < -0.4 is 20.1 Å². The molecular formula is C32H43N3O6. The summed E-state index contributed by atoms with van der Waals surface area (Å²) in [5.41, 5.74) is -0.0849. The minimum atomic E-state index is -0.808. The van der Waals surface area contributed by atoms with E-state index in [0.717, 1.165) is 38.5 Å². The highest BCUT2D eigenvalue weighted by Gasteiger charge is 2.48. The fourth-order valence-corrected chi connectivity index (χ4v) is 7.47. The van der Waals surface area contributed by atoms with Crippen molar-refractivity contribution in [1.29, 1.82) is 5.26 Å². The monoisotopic (exact) mass is 565 g/mol. The maximum absolute atomic E-state index is 13.8. The van der Waals surface area contributed by atoms with E-state index in [-0.39, 0.29) is 69.8 Å². The lowest BCUT2D eigenvalue weighted by Crippen LogP contribution is -2.58. The van der Waals surface area contributed by atoms with Crippen molar-refractivity contribution >= 4 is 17.8 Å². The van der Waals surface area contributed by atoms with Crippen LogP contribution in [0.15, 0.2) is 12.1 Å². The van der Waals surface area contributed by atoms with Gasteiger partial charge in [0.25, 0.3) is 5.91 Å². The van der Waals surface area contributed by atoms with E-state index in [0.29, 0.717) is 32.2 Å². The van der Waals surface area contributed by atoms with Crippen LogP contribution in [0.25, 0.3) is 0 Å². The molecule has 5 aliphatic carbocycles. The van der Waals surface area contributed by atoms with Crippen molar-refractivity contribution in [1.82, 2.24) is 10.6 Å². The summed E-state index contributed by atoms with van der Waals surface area (Å²) in [6.45, 7) is 4.65. The summed E-state index contributed by atoms with van der Waals surface area (Å²) in [5, 5.41) is 25.8. The molecule has 5 saturated carbocycles. The summed E-state index contributed by atoms with van der Waals surface area (Å²) in [7, 11) is 1.46. The van der Waals surface area contributed by atoms with E-state index in [1.807, 2.05) is 0 Å². The van der Waals surface area contributed by atoms with Gasteiger partial charge in [0.05, 0.1) is 35.7 Å². The molecule has 9 heteroatoms. The average molecular weight is 566 g/mol. The van der Waals surface area contributed by atoms with Gasteiger partial charge in [-0.05, 0) is 94.4 Å². The maximum Gasteiger partial charge on any atom is 0.309 e. The molecular weight excluding hydrogens is 522 g/mol. The van der Waals surface area contributed by atoms with Crippen molar-refractivity contribution in [2.45, 2.75) is 96.6 Å². The number of hydrogen-bond donors (Lipinski definition) is 3. The Kier molecular flexibility index (Phi) is 8.22. The molecule has 9 nitrogen and oxygen atoms in total. The first kappa shape index (κ1) is 29.2.